The van der Waals surface area contributed by atoms with Gasteiger partial charge in [0.1, 0.15) is 0 Å². The molecule has 0 amide bonds. The first-order chi connectivity index (χ1) is 14.2. The Balaban J connectivity index is 1.58. The fraction of sp³-hybridized carbons (Fsp3) is 0.300. The van der Waals surface area contributed by atoms with Crippen LogP contribution in [0.15, 0.2) is 42.7 Å². The number of rotatable bonds is 8. The Labute approximate surface area is 166 Å². The molecule has 3 N–H and O–H groups in total. The number of fused-ring (bicyclic) bond motifs is 1. The average Bonchev–Trinajstić information content (AvgIpc) is 3.42. The van der Waals surface area contributed by atoms with Crippen molar-refractivity contribution in [3.05, 3.63) is 54.2 Å². The third-order valence-electron chi connectivity index (χ3n) is 5.12. The summed E-state index contributed by atoms with van der Waals surface area (Å²) in [6, 6.07) is 9.97. The minimum absolute atomic E-state index is 0.396. The van der Waals surface area contributed by atoms with Gasteiger partial charge in [-0.15, -0.1) is 10.2 Å². The molecule has 3 heterocycles. The molecule has 3 aromatic heterocycles. The molecule has 0 spiro atoms. The van der Waals surface area contributed by atoms with Gasteiger partial charge >= 0.3 is 5.97 Å². The lowest BCUT2D eigenvalue weighted by Gasteiger charge is -2.20. The molecule has 0 saturated carbocycles. The number of benzene rings is 1. The van der Waals surface area contributed by atoms with E-state index in [2.05, 4.69) is 41.9 Å². The van der Waals surface area contributed by atoms with Gasteiger partial charge in [-0.05, 0) is 30.2 Å². The summed E-state index contributed by atoms with van der Waals surface area (Å²) in [5, 5.41) is 31.8. The highest BCUT2D eigenvalue weighted by atomic mass is 16.4. The normalized spacial score (nSPS) is 13.4. The van der Waals surface area contributed by atoms with Crippen LogP contribution in [0.3, 0.4) is 0 Å². The second-order valence-corrected chi connectivity index (χ2v) is 7.02. The molecule has 2 atom stereocenters. The molecule has 4 aromatic rings. The number of carbonyl (C=O) groups is 1. The molecule has 0 unspecified atom stereocenters. The van der Waals surface area contributed by atoms with Crippen LogP contribution in [-0.2, 0) is 11.2 Å². The molecule has 0 fully saturated rings. The Hall–Kier alpha value is -3.62. The summed E-state index contributed by atoms with van der Waals surface area (Å²) in [4.78, 5) is 16.4. The molecule has 0 radical (unpaired) electrons. The Morgan fingerprint density at radius 2 is 2.03 bits per heavy atom. The summed E-state index contributed by atoms with van der Waals surface area (Å²) in [6.07, 6.45) is 5.32. The van der Waals surface area contributed by atoms with E-state index in [1.165, 1.54) is 0 Å². The lowest BCUT2D eigenvalue weighted by molar-refractivity contribution is -0.143. The summed E-state index contributed by atoms with van der Waals surface area (Å²) < 4.78 is 0. The molecule has 0 aliphatic rings. The van der Waals surface area contributed by atoms with Gasteiger partial charge < -0.3 is 5.11 Å². The van der Waals surface area contributed by atoms with Gasteiger partial charge in [0.05, 0.1) is 17.6 Å². The Morgan fingerprint density at radius 3 is 2.72 bits per heavy atom. The number of tetrazole rings is 1. The van der Waals surface area contributed by atoms with Gasteiger partial charge in [0.2, 0.25) is 0 Å². The smallest absolute Gasteiger partial charge is 0.307 e. The van der Waals surface area contributed by atoms with Crippen LogP contribution in [0.2, 0.25) is 0 Å². The first kappa shape index (κ1) is 18.7. The molecule has 29 heavy (non-hydrogen) atoms. The van der Waals surface area contributed by atoms with Gasteiger partial charge in [0.25, 0.3) is 0 Å². The highest BCUT2D eigenvalue weighted by Gasteiger charge is 2.32. The Bertz CT molecular complexity index is 1090. The van der Waals surface area contributed by atoms with Crippen molar-refractivity contribution in [1.29, 1.82) is 0 Å². The van der Waals surface area contributed by atoms with Crippen molar-refractivity contribution in [3.63, 3.8) is 0 Å². The summed E-state index contributed by atoms with van der Waals surface area (Å²) in [5.74, 6) is -1.44. The fourth-order valence-electron chi connectivity index (χ4n) is 3.61. The van der Waals surface area contributed by atoms with E-state index in [1.807, 2.05) is 31.2 Å². The second kappa shape index (κ2) is 8.17. The minimum Gasteiger partial charge on any atom is -0.481 e. The van der Waals surface area contributed by atoms with Gasteiger partial charge in [-0.3, -0.25) is 14.9 Å². The number of nitrogens with zero attached hydrogens (tertiary/aromatic N) is 5. The van der Waals surface area contributed by atoms with E-state index in [9.17, 15) is 9.90 Å². The number of aromatic amines is 2. The fourth-order valence-corrected chi connectivity index (χ4v) is 3.61. The highest BCUT2D eigenvalue weighted by molar-refractivity contribution is 5.83. The summed E-state index contributed by atoms with van der Waals surface area (Å²) in [6.45, 7) is 1.97. The van der Waals surface area contributed by atoms with Crippen LogP contribution < -0.4 is 0 Å². The maximum absolute atomic E-state index is 11.8. The summed E-state index contributed by atoms with van der Waals surface area (Å²) in [5.41, 5.74) is 3.80. The van der Waals surface area contributed by atoms with Gasteiger partial charge in [-0.25, -0.2) is 0 Å². The van der Waals surface area contributed by atoms with E-state index in [0.717, 1.165) is 34.1 Å². The largest absolute Gasteiger partial charge is 0.481 e. The van der Waals surface area contributed by atoms with Crippen molar-refractivity contribution >= 4 is 16.9 Å². The van der Waals surface area contributed by atoms with Crippen molar-refractivity contribution < 1.29 is 9.90 Å². The molecule has 0 bridgehead atoms. The zero-order valence-electron chi connectivity index (χ0n) is 15.9. The summed E-state index contributed by atoms with van der Waals surface area (Å²) >= 11 is 0. The van der Waals surface area contributed by atoms with E-state index < -0.39 is 17.8 Å². The van der Waals surface area contributed by atoms with E-state index in [4.69, 9.17) is 0 Å². The molecule has 148 valence electrons. The van der Waals surface area contributed by atoms with Crippen LogP contribution in [0.1, 0.15) is 37.2 Å². The molecular weight excluding hydrogens is 370 g/mol. The van der Waals surface area contributed by atoms with Crippen LogP contribution >= 0.6 is 0 Å². The lowest BCUT2D eigenvalue weighted by Crippen LogP contribution is -2.25. The van der Waals surface area contributed by atoms with Crippen LogP contribution in [0.25, 0.3) is 22.0 Å². The van der Waals surface area contributed by atoms with Crippen molar-refractivity contribution in [2.24, 2.45) is 5.92 Å². The number of aliphatic carboxylic acids is 1. The average molecular weight is 391 g/mol. The maximum atomic E-state index is 11.8. The topological polar surface area (TPSA) is 133 Å². The lowest BCUT2D eigenvalue weighted by atomic mass is 9.84. The Kier molecular flexibility index (Phi) is 5.28. The van der Waals surface area contributed by atoms with Gasteiger partial charge in [0.15, 0.2) is 5.82 Å². The number of aromatic nitrogens is 7. The maximum Gasteiger partial charge on any atom is 0.307 e. The van der Waals surface area contributed by atoms with E-state index in [-0.39, 0.29) is 0 Å². The number of carboxylic acid groups (broad SMARTS) is 1. The zero-order valence-corrected chi connectivity index (χ0v) is 15.9. The predicted octanol–water partition coefficient (Wildman–Crippen LogP) is 2.97. The third kappa shape index (κ3) is 3.98. The monoisotopic (exact) mass is 391 g/mol. The zero-order chi connectivity index (χ0) is 20.2. The molecule has 9 heteroatoms. The van der Waals surface area contributed by atoms with Crippen LogP contribution in [0.5, 0.6) is 0 Å². The predicted molar refractivity (Wildman–Crippen MR) is 106 cm³/mol. The molecule has 1 aromatic carbocycles. The highest BCUT2D eigenvalue weighted by Crippen LogP contribution is 2.30. The first-order valence-corrected chi connectivity index (χ1v) is 9.50. The SMILES string of the molecule is CCC[C@H](C(=O)O)[C@H](Cc1ccc(-c2ccc3[nH]ncc3c2)cn1)c1nn[nH]n1. The number of nitrogens with one attached hydrogen (secondary N) is 2. The van der Waals surface area contributed by atoms with E-state index in [0.29, 0.717) is 18.7 Å². The number of carboxylic acids is 1. The quantitative estimate of drug-likeness (QED) is 0.420. The first-order valence-electron chi connectivity index (χ1n) is 9.50. The van der Waals surface area contributed by atoms with Crippen molar-refractivity contribution in [2.75, 3.05) is 0 Å². The molecule has 9 nitrogen and oxygen atoms in total. The molecule has 0 saturated heterocycles. The van der Waals surface area contributed by atoms with Crippen molar-refractivity contribution in [2.45, 2.75) is 32.1 Å². The number of hydrogen-bond donors (Lipinski definition) is 3. The number of pyridine rings is 1. The van der Waals surface area contributed by atoms with Gasteiger partial charge in [0, 0.05) is 35.2 Å². The minimum atomic E-state index is -0.855. The van der Waals surface area contributed by atoms with E-state index >= 15 is 0 Å². The molecule has 0 aliphatic carbocycles. The van der Waals surface area contributed by atoms with Crippen LogP contribution in [-0.4, -0.2) is 46.9 Å². The van der Waals surface area contributed by atoms with Crippen molar-refractivity contribution in [1.82, 2.24) is 35.8 Å². The third-order valence-corrected chi connectivity index (χ3v) is 5.12. The second-order valence-electron chi connectivity index (χ2n) is 7.02. The summed E-state index contributed by atoms with van der Waals surface area (Å²) in [7, 11) is 0. The number of hydrogen-bond acceptors (Lipinski definition) is 6. The number of H-pyrrole nitrogens is 2. The van der Waals surface area contributed by atoms with Gasteiger partial charge in [-0.1, -0.05) is 30.7 Å². The molecule has 4 rings (SSSR count). The van der Waals surface area contributed by atoms with Crippen LogP contribution in [0, 0.1) is 5.92 Å². The molecule has 0 aliphatic heterocycles. The standard InChI is InChI=1S/C20H21N7O2/c1-2-3-16(20(28)29)17(19-24-26-27-25-19)9-15-6-4-13(10-21-15)12-5-7-18-14(8-12)11-22-23-18/h4-8,10-11,16-17H,2-3,9H2,1H3,(H,22,23)(H,28,29)(H,24,25,26,27)/t16-,17-/m0/s1. The van der Waals surface area contributed by atoms with Gasteiger partial charge in [-0.2, -0.15) is 10.3 Å². The van der Waals surface area contributed by atoms with Crippen LogP contribution in [0.4, 0.5) is 0 Å². The molecular formula is C20H21N7O2. The van der Waals surface area contributed by atoms with E-state index in [1.54, 1.807) is 12.4 Å². The Morgan fingerprint density at radius 1 is 1.17 bits per heavy atom. The van der Waals surface area contributed by atoms with Crippen molar-refractivity contribution in [3.8, 4) is 11.1 Å².